The molecule has 0 aliphatic carbocycles. The van der Waals surface area contributed by atoms with E-state index in [2.05, 4.69) is 5.32 Å². The highest BCUT2D eigenvalue weighted by atomic mass is 32.2. The molecule has 0 unspecified atom stereocenters. The molecule has 2 aromatic carbocycles. The lowest BCUT2D eigenvalue weighted by molar-refractivity contribution is -0.121. The van der Waals surface area contributed by atoms with Crippen molar-refractivity contribution < 1.29 is 18.0 Å². The van der Waals surface area contributed by atoms with E-state index in [9.17, 15) is 18.0 Å². The van der Waals surface area contributed by atoms with Gasteiger partial charge in [0.25, 0.3) is 5.91 Å². The number of hydrogen-bond donors (Lipinski definition) is 1. The van der Waals surface area contributed by atoms with E-state index in [-0.39, 0.29) is 24.1 Å². The fraction of sp³-hybridized carbons (Fsp3) is 0.263. The largest absolute Gasteiger partial charge is 0.350 e. The van der Waals surface area contributed by atoms with Gasteiger partial charge in [-0.25, -0.2) is 8.42 Å². The van der Waals surface area contributed by atoms with Gasteiger partial charge in [0.15, 0.2) is 9.84 Å². The van der Waals surface area contributed by atoms with Crippen LogP contribution in [0.4, 0.5) is 0 Å². The molecule has 0 aliphatic heterocycles. The lowest BCUT2D eigenvalue weighted by Crippen LogP contribution is -2.38. The number of nitrogens with one attached hydrogen (secondary N) is 1. The molecule has 0 aromatic heterocycles. The van der Waals surface area contributed by atoms with Gasteiger partial charge in [0.1, 0.15) is 0 Å². The molecule has 0 bridgehead atoms. The predicted octanol–water partition coefficient (Wildman–Crippen LogP) is 1.62. The summed E-state index contributed by atoms with van der Waals surface area (Å²) in [6, 6.07) is 15.8. The molecule has 26 heavy (non-hydrogen) atoms. The molecule has 6 nitrogen and oxygen atoms in total. The molecule has 7 heteroatoms. The van der Waals surface area contributed by atoms with Gasteiger partial charge < -0.3 is 10.2 Å². The SMILES string of the molecule is CN(CC(=O)NCc1ccc(CS(C)(=O)=O)cc1)C(=O)c1ccccc1. The smallest absolute Gasteiger partial charge is 0.254 e. The van der Waals surface area contributed by atoms with Gasteiger partial charge in [-0.05, 0) is 23.3 Å². The van der Waals surface area contributed by atoms with Gasteiger partial charge in [0.05, 0.1) is 12.3 Å². The van der Waals surface area contributed by atoms with Gasteiger partial charge in [-0.3, -0.25) is 9.59 Å². The molecule has 0 saturated heterocycles. The molecule has 0 radical (unpaired) electrons. The van der Waals surface area contributed by atoms with Crippen LogP contribution < -0.4 is 5.32 Å². The number of carbonyl (C=O) groups is 2. The molecule has 0 fully saturated rings. The van der Waals surface area contributed by atoms with Crippen LogP contribution in [0.25, 0.3) is 0 Å². The van der Waals surface area contributed by atoms with Crippen LogP contribution in [-0.2, 0) is 26.9 Å². The summed E-state index contributed by atoms with van der Waals surface area (Å²) < 4.78 is 22.5. The number of nitrogens with zero attached hydrogens (tertiary/aromatic N) is 1. The van der Waals surface area contributed by atoms with E-state index in [1.165, 1.54) is 11.2 Å². The third-order valence-corrected chi connectivity index (χ3v) is 4.55. The lowest BCUT2D eigenvalue weighted by Gasteiger charge is -2.17. The fourth-order valence-corrected chi connectivity index (χ4v) is 3.20. The second kappa shape index (κ2) is 8.62. The normalized spacial score (nSPS) is 11.0. The number of sulfone groups is 1. The average Bonchev–Trinajstić information content (AvgIpc) is 2.60. The third-order valence-electron chi connectivity index (χ3n) is 3.69. The van der Waals surface area contributed by atoms with Crippen LogP contribution in [0.3, 0.4) is 0 Å². The second-order valence-corrected chi connectivity index (χ2v) is 8.33. The standard InChI is InChI=1S/C19H22N2O4S/c1-21(19(23)17-6-4-3-5-7-17)13-18(22)20-12-15-8-10-16(11-9-15)14-26(2,24)25/h3-11H,12-14H2,1-2H3,(H,20,22). The van der Waals surface area contributed by atoms with E-state index in [1.54, 1.807) is 55.6 Å². The highest BCUT2D eigenvalue weighted by molar-refractivity contribution is 7.89. The van der Waals surface area contributed by atoms with Crippen LogP contribution in [0.2, 0.25) is 0 Å². The van der Waals surface area contributed by atoms with Crippen LogP contribution in [-0.4, -0.2) is 45.0 Å². The lowest BCUT2D eigenvalue weighted by atomic mass is 10.1. The Bertz CT molecular complexity index is 862. The highest BCUT2D eigenvalue weighted by Crippen LogP contribution is 2.08. The van der Waals surface area contributed by atoms with Crippen LogP contribution >= 0.6 is 0 Å². The van der Waals surface area contributed by atoms with Gasteiger partial charge in [0.2, 0.25) is 5.91 Å². The Morgan fingerprint density at radius 3 is 2.12 bits per heavy atom. The first-order chi connectivity index (χ1) is 12.2. The summed E-state index contributed by atoms with van der Waals surface area (Å²) in [5.41, 5.74) is 2.09. The topological polar surface area (TPSA) is 83.6 Å². The number of hydrogen-bond acceptors (Lipinski definition) is 4. The van der Waals surface area contributed by atoms with Crippen molar-refractivity contribution in [2.24, 2.45) is 0 Å². The Hall–Kier alpha value is -2.67. The summed E-state index contributed by atoms with van der Waals surface area (Å²) in [6.45, 7) is 0.269. The summed E-state index contributed by atoms with van der Waals surface area (Å²) in [7, 11) is -1.49. The molecule has 0 atom stereocenters. The molecule has 0 spiro atoms. The third kappa shape index (κ3) is 6.33. The fourth-order valence-electron chi connectivity index (χ4n) is 2.40. The number of carbonyl (C=O) groups excluding carboxylic acids is 2. The second-order valence-electron chi connectivity index (χ2n) is 6.19. The van der Waals surface area contributed by atoms with Crippen molar-refractivity contribution in [1.82, 2.24) is 10.2 Å². The summed E-state index contributed by atoms with van der Waals surface area (Å²) in [4.78, 5) is 25.6. The zero-order valence-electron chi connectivity index (χ0n) is 14.8. The zero-order chi connectivity index (χ0) is 19.2. The Balaban J connectivity index is 1.84. The quantitative estimate of drug-likeness (QED) is 0.798. The Morgan fingerprint density at radius 1 is 0.962 bits per heavy atom. The van der Waals surface area contributed by atoms with Crippen LogP contribution in [0.1, 0.15) is 21.5 Å². The van der Waals surface area contributed by atoms with Gasteiger partial charge in [-0.2, -0.15) is 0 Å². The van der Waals surface area contributed by atoms with Crippen LogP contribution in [0.15, 0.2) is 54.6 Å². The molecule has 138 valence electrons. The molecule has 1 N–H and O–H groups in total. The molecule has 2 aromatic rings. The van der Waals surface area contributed by atoms with Gasteiger partial charge in [-0.1, -0.05) is 42.5 Å². The molecule has 2 amide bonds. The first-order valence-corrected chi connectivity index (χ1v) is 10.1. The van der Waals surface area contributed by atoms with E-state index >= 15 is 0 Å². The number of amides is 2. The summed E-state index contributed by atoms with van der Waals surface area (Å²) in [5.74, 6) is -0.491. The minimum atomic E-state index is -3.07. The summed E-state index contributed by atoms with van der Waals surface area (Å²) >= 11 is 0. The molecule has 0 saturated carbocycles. The van der Waals surface area contributed by atoms with Crippen molar-refractivity contribution in [3.8, 4) is 0 Å². The van der Waals surface area contributed by atoms with E-state index in [0.29, 0.717) is 17.7 Å². The summed E-state index contributed by atoms with van der Waals surface area (Å²) in [5, 5.41) is 2.75. The first-order valence-electron chi connectivity index (χ1n) is 8.07. The monoisotopic (exact) mass is 374 g/mol. The highest BCUT2D eigenvalue weighted by Gasteiger charge is 2.14. The van der Waals surface area contributed by atoms with Crippen molar-refractivity contribution in [3.05, 3.63) is 71.3 Å². The number of likely N-dealkylation sites (N-methyl/N-ethyl adjacent to an activating group) is 1. The maximum absolute atomic E-state index is 12.2. The van der Waals surface area contributed by atoms with Crippen molar-refractivity contribution >= 4 is 21.7 Å². The molecule has 0 aliphatic rings. The number of rotatable bonds is 7. The van der Waals surface area contributed by atoms with Gasteiger partial charge in [0, 0.05) is 25.4 Å². The van der Waals surface area contributed by atoms with Gasteiger partial charge in [-0.15, -0.1) is 0 Å². The maximum Gasteiger partial charge on any atom is 0.254 e. The maximum atomic E-state index is 12.2. The van der Waals surface area contributed by atoms with Gasteiger partial charge >= 0.3 is 0 Å². The molecule has 2 rings (SSSR count). The Labute approximate surface area is 153 Å². The van der Waals surface area contributed by atoms with Crippen molar-refractivity contribution in [2.45, 2.75) is 12.3 Å². The van der Waals surface area contributed by atoms with Crippen LogP contribution in [0, 0.1) is 0 Å². The molecule has 0 heterocycles. The predicted molar refractivity (Wildman–Crippen MR) is 100 cm³/mol. The molecular weight excluding hydrogens is 352 g/mol. The van der Waals surface area contributed by atoms with Crippen molar-refractivity contribution in [1.29, 1.82) is 0 Å². The minimum absolute atomic E-state index is 0.00791. The zero-order valence-corrected chi connectivity index (χ0v) is 15.6. The van der Waals surface area contributed by atoms with E-state index in [1.807, 2.05) is 6.07 Å². The van der Waals surface area contributed by atoms with E-state index in [4.69, 9.17) is 0 Å². The van der Waals surface area contributed by atoms with Crippen molar-refractivity contribution in [3.63, 3.8) is 0 Å². The average molecular weight is 374 g/mol. The summed E-state index contributed by atoms with van der Waals surface area (Å²) in [6.07, 6.45) is 1.19. The number of benzene rings is 2. The van der Waals surface area contributed by atoms with Crippen molar-refractivity contribution in [2.75, 3.05) is 19.8 Å². The van der Waals surface area contributed by atoms with E-state index < -0.39 is 9.84 Å². The Kier molecular flexibility index (Phi) is 6.52. The first kappa shape index (κ1) is 19.7. The van der Waals surface area contributed by atoms with Crippen LogP contribution in [0.5, 0.6) is 0 Å². The molecular formula is C19H22N2O4S. The Morgan fingerprint density at radius 2 is 1.54 bits per heavy atom. The van der Waals surface area contributed by atoms with E-state index in [0.717, 1.165) is 5.56 Å². The minimum Gasteiger partial charge on any atom is -0.350 e.